The van der Waals surface area contributed by atoms with E-state index < -0.39 is 0 Å². The summed E-state index contributed by atoms with van der Waals surface area (Å²) in [5.41, 5.74) is 0.680. The van der Waals surface area contributed by atoms with Crippen LogP contribution in [0.1, 0.15) is 108 Å². The van der Waals surface area contributed by atoms with Gasteiger partial charge in [-0.2, -0.15) is 0 Å². The SMILES string of the molecule is CCCCCCCCOc1ccc(C(C)=O)cc1OCCCCCCCC. The zero-order chi connectivity index (χ0) is 19.7. The molecular weight excluding hydrogens is 336 g/mol. The molecule has 0 heterocycles. The van der Waals surface area contributed by atoms with Gasteiger partial charge in [-0.05, 0) is 38.0 Å². The normalized spacial score (nSPS) is 10.8. The fourth-order valence-corrected chi connectivity index (χ4v) is 3.09. The van der Waals surface area contributed by atoms with Crippen LogP contribution in [0, 0.1) is 0 Å². The second kappa shape index (κ2) is 15.5. The van der Waals surface area contributed by atoms with Crippen LogP contribution in [0.2, 0.25) is 0 Å². The van der Waals surface area contributed by atoms with Crippen molar-refractivity contribution in [3.8, 4) is 11.5 Å². The molecule has 0 amide bonds. The molecule has 0 saturated carbocycles. The van der Waals surface area contributed by atoms with Crippen LogP contribution in [0.4, 0.5) is 0 Å². The van der Waals surface area contributed by atoms with Crippen molar-refractivity contribution in [2.75, 3.05) is 13.2 Å². The Kier molecular flexibility index (Phi) is 13.5. The molecule has 3 nitrogen and oxygen atoms in total. The van der Waals surface area contributed by atoms with Crippen molar-refractivity contribution < 1.29 is 14.3 Å². The number of benzene rings is 1. The van der Waals surface area contributed by atoms with Crippen LogP contribution in [0.5, 0.6) is 11.5 Å². The lowest BCUT2D eigenvalue weighted by Crippen LogP contribution is -2.04. The minimum atomic E-state index is 0.0573. The summed E-state index contributed by atoms with van der Waals surface area (Å²) in [6.07, 6.45) is 14.9. The van der Waals surface area contributed by atoms with E-state index in [9.17, 15) is 4.79 Å². The van der Waals surface area contributed by atoms with E-state index in [1.54, 1.807) is 6.92 Å². The van der Waals surface area contributed by atoms with Crippen molar-refractivity contribution in [2.24, 2.45) is 0 Å². The predicted octanol–water partition coefficient (Wildman–Crippen LogP) is 7.37. The maximum absolute atomic E-state index is 11.7. The monoisotopic (exact) mass is 376 g/mol. The minimum absolute atomic E-state index is 0.0573. The zero-order valence-corrected chi connectivity index (χ0v) is 17.9. The Labute approximate surface area is 166 Å². The first-order valence-corrected chi connectivity index (χ1v) is 11.1. The number of Topliss-reactive ketones (excluding diaryl/α,β-unsaturated/α-hetero) is 1. The second-order valence-corrected chi connectivity index (χ2v) is 7.45. The number of carbonyl (C=O) groups is 1. The average molecular weight is 377 g/mol. The number of rotatable bonds is 17. The van der Waals surface area contributed by atoms with Gasteiger partial charge in [-0.25, -0.2) is 0 Å². The van der Waals surface area contributed by atoms with Crippen LogP contribution in [-0.2, 0) is 0 Å². The van der Waals surface area contributed by atoms with Crippen molar-refractivity contribution in [1.29, 1.82) is 0 Å². The van der Waals surface area contributed by atoms with Gasteiger partial charge in [0.2, 0.25) is 0 Å². The highest BCUT2D eigenvalue weighted by Gasteiger charge is 2.09. The number of hydrogen-bond acceptors (Lipinski definition) is 3. The Morgan fingerprint density at radius 3 is 1.70 bits per heavy atom. The maximum Gasteiger partial charge on any atom is 0.161 e. The maximum atomic E-state index is 11.7. The van der Waals surface area contributed by atoms with Crippen molar-refractivity contribution in [3.63, 3.8) is 0 Å². The van der Waals surface area contributed by atoms with Crippen LogP contribution >= 0.6 is 0 Å². The van der Waals surface area contributed by atoms with E-state index in [1.807, 2.05) is 18.2 Å². The molecule has 0 saturated heterocycles. The fourth-order valence-electron chi connectivity index (χ4n) is 3.09. The van der Waals surface area contributed by atoms with E-state index in [0.717, 1.165) is 18.6 Å². The molecule has 27 heavy (non-hydrogen) atoms. The lowest BCUT2D eigenvalue weighted by atomic mass is 10.1. The molecule has 1 rings (SSSR count). The molecule has 0 radical (unpaired) electrons. The largest absolute Gasteiger partial charge is 0.490 e. The number of ketones is 1. The summed E-state index contributed by atoms with van der Waals surface area (Å²) in [5.74, 6) is 1.53. The minimum Gasteiger partial charge on any atom is -0.490 e. The van der Waals surface area contributed by atoms with Gasteiger partial charge in [0.25, 0.3) is 0 Å². The van der Waals surface area contributed by atoms with E-state index in [0.29, 0.717) is 24.5 Å². The summed E-state index contributed by atoms with van der Waals surface area (Å²) in [4.78, 5) is 11.7. The number of hydrogen-bond donors (Lipinski definition) is 0. The Bertz CT molecular complexity index is 510. The molecule has 3 heteroatoms. The zero-order valence-electron chi connectivity index (χ0n) is 17.9. The quantitative estimate of drug-likeness (QED) is 0.210. The third kappa shape index (κ3) is 11.0. The third-order valence-corrected chi connectivity index (χ3v) is 4.86. The van der Waals surface area contributed by atoms with Crippen LogP contribution < -0.4 is 9.47 Å². The van der Waals surface area contributed by atoms with Gasteiger partial charge in [0.15, 0.2) is 17.3 Å². The summed E-state index contributed by atoms with van der Waals surface area (Å²) in [5, 5.41) is 0. The molecule has 154 valence electrons. The van der Waals surface area contributed by atoms with Gasteiger partial charge in [-0.15, -0.1) is 0 Å². The first kappa shape index (κ1) is 23.5. The molecule has 0 spiro atoms. The molecule has 0 aliphatic carbocycles. The third-order valence-electron chi connectivity index (χ3n) is 4.86. The number of carbonyl (C=O) groups excluding carboxylic acids is 1. The van der Waals surface area contributed by atoms with Crippen molar-refractivity contribution in [3.05, 3.63) is 23.8 Å². The molecule has 1 aromatic rings. The predicted molar refractivity (Wildman–Crippen MR) is 114 cm³/mol. The van der Waals surface area contributed by atoms with Crippen molar-refractivity contribution in [2.45, 2.75) is 97.8 Å². The molecule has 1 aromatic carbocycles. The van der Waals surface area contributed by atoms with Gasteiger partial charge in [0, 0.05) is 5.56 Å². The average Bonchev–Trinajstić information content (AvgIpc) is 2.67. The molecule has 0 aromatic heterocycles. The summed E-state index contributed by atoms with van der Waals surface area (Å²) >= 11 is 0. The summed E-state index contributed by atoms with van der Waals surface area (Å²) in [6.45, 7) is 7.45. The summed E-state index contributed by atoms with van der Waals surface area (Å²) < 4.78 is 11.9. The number of unbranched alkanes of at least 4 members (excludes halogenated alkanes) is 10. The molecule has 0 atom stereocenters. The molecule has 0 aliphatic heterocycles. The molecular formula is C24H40O3. The van der Waals surface area contributed by atoms with Crippen LogP contribution in [0.15, 0.2) is 18.2 Å². The Morgan fingerprint density at radius 2 is 1.19 bits per heavy atom. The lowest BCUT2D eigenvalue weighted by Gasteiger charge is -2.14. The van der Waals surface area contributed by atoms with Crippen LogP contribution in [0.25, 0.3) is 0 Å². The smallest absolute Gasteiger partial charge is 0.161 e. The van der Waals surface area contributed by atoms with Gasteiger partial charge >= 0.3 is 0 Å². The molecule has 0 unspecified atom stereocenters. The molecule has 0 N–H and O–H groups in total. The highest BCUT2D eigenvalue weighted by Crippen LogP contribution is 2.29. The summed E-state index contributed by atoms with van der Waals surface area (Å²) in [6, 6.07) is 5.54. The first-order valence-electron chi connectivity index (χ1n) is 11.1. The van der Waals surface area contributed by atoms with Crippen LogP contribution in [0.3, 0.4) is 0 Å². The number of ether oxygens (including phenoxy) is 2. The molecule has 0 aliphatic rings. The Hall–Kier alpha value is -1.51. The van der Waals surface area contributed by atoms with Gasteiger partial charge in [0.05, 0.1) is 13.2 Å². The highest BCUT2D eigenvalue weighted by atomic mass is 16.5. The second-order valence-electron chi connectivity index (χ2n) is 7.45. The van der Waals surface area contributed by atoms with E-state index >= 15 is 0 Å². The summed E-state index contributed by atoms with van der Waals surface area (Å²) in [7, 11) is 0. The van der Waals surface area contributed by atoms with E-state index in [-0.39, 0.29) is 5.78 Å². The molecule has 0 fully saturated rings. The van der Waals surface area contributed by atoms with Gasteiger partial charge in [-0.3, -0.25) is 4.79 Å². The first-order chi connectivity index (χ1) is 13.2. The van der Waals surface area contributed by atoms with Crippen molar-refractivity contribution in [1.82, 2.24) is 0 Å². The van der Waals surface area contributed by atoms with E-state index in [4.69, 9.17) is 9.47 Å². The van der Waals surface area contributed by atoms with Gasteiger partial charge < -0.3 is 9.47 Å². The van der Waals surface area contributed by atoms with Gasteiger partial charge in [-0.1, -0.05) is 78.1 Å². The Balaban J connectivity index is 2.42. The fraction of sp³-hybridized carbons (Fsp3) is 0.708. The topological polar surface area (TPSA) is 35.5 Å². The highest BCUT2D eigenvalue weighted by molar-refractivity contribution is 5.94. The molecule has 0 bridgehead atoms. The standard InChI is InChI=1S/C24H40O3/c1-4-6-8-10-12-14-18-26-23-17-16-22(21(3)25)20-24(23)27-19-15-13-11-9-7-5-2/h16-17,20H,4-15,18-19H2,1-3H3. The van der Waals surface area contributed by atoms with Gasteiger partial charge in [0.1, 0.15) is 0 Å². The van der Waals surface area contributed by atoms with E-state index in [1.165, 1.54) is 64.2 Å². The van der Waals surface area contributed by atoms with Crippen molar-refractivity contribution >= 4 is 5.78 Å². The Morgan fingerprint density at radius 1 is 0.704 bits per heavy atom. The lowest BCUT2D eigenvalue weighted by molar-refractivity contribution is 0.101. The van der Waals surface area contributed by atoms with E-state index in [2.05, 4.69) is 13.8 Å². The van der Waals surface area contributed by atoms with Crippen LogP contribution in [-0.4, -0.2) is 19.0 Å².